The zero-order chi connectivity index (χ0) is 13.1. The van der Waals surface area contributed by atoms with E-state index >= 15 is 0 Å². The number of hydrogen-bond acceptors (Lipinski definition) is 0. The van der Waals surface area contributed by atoms with E-state index in [-0.39, 0.29) is 5.56 Å². The molecule has 0 saturated carbocycles. The third kappa shape index (κ3) is 2.42. The van der Waals surface area contributed by atoms with E-state index in [2.05, 4.69) is 0 Å². The van der Waals surface area contributed by atoms with Crippen molar-refractivity contribution in [3.05, 3.63) is 59.2 Å². The van der Waals surface area contributed by atoms with Gasteiger partial charge in [-0.15, -0.1) is 0 Å². The second-order valence-electron chi connectivity index (χ2n) is 4.34. The topological polar surface area (TPSA) is 0 Å². The first-order chi connectivity index (χ1) is 8.65. The summed E-state index contributed by atoms with van der Waals surface area (Å²) in [5, 5.41) is 0. The Labute approximate surface area is 106 Å². The van der Waals surface area contributed by atoms with Crippen molar-refractivity contribution in [3.63, 3.8) is 0 Å². The molecule has 0 bridgehead atoms. The lowest BCUT2D eigenvalue weighted by Gasteiger charge is -2.08. The summed E-state index contributed by atoms with van der Waals surface area (Å²) in [4.78, 5) is 0. The second kappa shape index (κ2) is 5.30. The summed E-state index contributed by atoms with van der Waals surface area (Å²) in [6, 6.07) is 10.2. The zero-order valence-corrected chi connectivity index (χ0v) is 10.6. The van der Waals surface area contributed by atoms with Crippen molar-refractivity contribution in [1.29, 1.82) is 0 Å². The molecular formula is C16H16F2. The molecule has 0 aliphatic carbocycles. The van der Waals surface area contributed by atoms with E-state index < -0.39 is 11.6 Å². The Balaban J connectivity index is 2.49. The Hall–Kier alpha value is -1.70. The van der Waals surface area contributed by atoms with Crippen LogP contribution < -0.4 is 0 Å². The van der Waals surface area contributed by atoms with Crippen LogP contribution in [-0.2, 0) is 12.8 Å². The van der Waals surface area contributed by atoms with Crippen LogP contribution in [0.3, 0.4) is 0 Å². The predicted molar refractivity (Wildman–Crippen MR) is 70.6 cm³/mol. The van der Waals surface area contributed by atoms with Crippen molar-refractivity contribution in [2.45, 2.75) is 26.7 Å². The van der Waals surface area contributed by atoms with Gasteiger partial charge in [0.05, 0.1) is 5.56 Å². The van der Waals surface area contributed by atoms with Crippen LogP contribution in [0.25, 0.3) is 11.1 Å². The molecule has 0 fully saturated rings. The number of aryl methyl sites for hydroxylation is 2. The highest BCUT2D eigenvalue weighted by Gasteiger charge is 2.12. The molecule has 0 amide bonds. The lowest BCUT2D eigenvalue weighted by atomic mass is 10.00. The zero-order valence-electron chi connectivity index (χ0n) is 10.6. The van der Waals surface area contributed by atoms with Gasteiger partial charge < -0.3 is 0 Å². The molecule has 0 saturated heterocycles. The number of halogens is 2. The van der Waals surface area contributed by atoms with Gasteiger partial charge in [-0.2, -0.15) is 0 Å². The van der Waals surface area contributed by atoms with Crippen LogP contribution in [0, 0.1) is 11.6 Å². The SMILES string of the molecule is CCc1ccc(-c2c(F)cc(CC)cc2F)cc1. The molecule has 2 rings (SSSR count). The molecule has 94 valence electrons. The molecule has 0 atom stereocenters. The van der Waals surface area contributed by atoms with Gasteiger partial charge in [0, 0.05) is 0 Å². The maximum Gasteiger partial charge on any atom is 0.134 e. The van der Waals surface area contributed by atoms with Crippen LogP contribution >= 0.6 is 0 Å². The number of benzene rings is 2. The fraction of sp³-hybridized carbons (Fsp3) is 0.250. The maximum atomic E-state index is 13.9. The molecule has 18 heavy (non-hydrogen) atoms. The first-order valence-electron chi connectivity index (χ1n) is 6.23. The van der Waals surface area contributed by atoms with E-state index in [4.69, 9.17) is 0 Å². The van der Waals surface area contributed by atoms with Gasteiger partial charge in [-0.25, -0.2) is 8.78 Å². The highest BCUT2D eigenvalue weighted by Crippen LogP contribution is 2.27. The molecule has 0 unspecified atom stereocenters. The van der Waals surface area contributed by atoms with Crippen LogP contribution in [0.2, 0.25) is 0 Å². The monoisotopic (exact) mass is 246 g/mol. The van der Waals surface area contributed by atoms with E-state index in [9.17, 15) is 8.78 Å². The Bertz CT molecular complexity index is 519. The smallest absolute Gasteiger partial charge is 0.134 e. The Kier molecular flexibility index (Phi) is 3.75. The molecule has 0 N–H and O–H groups in total. The number of hydrogen-bond donors (Lipinski definition) is 0. The second-order valence-corrected chi connectivity index (χ2v) is 4.34. The molecule has 2 aromatic rings. The van der Waals surface area contributed by atoms with Crippen LogP contribution in [0.15, 0.2) is 36.4 Å². The largest absolute Gasteiger partial charge is 0.206 e. The third-order valence-electron chi connectivity index (χ3n) is 3.16. The molecule has 2 aromatic carbocycles. The summed E-state index contributed by atoms with van der Waals surface area (Å²) in [6.07, 6.45) is 1.54. The van der Waals surface area contributed by atoms with Crippen molar-refractivity contribution >= 4 is 0 Å². The van der Waals surface area contributed by atoms with Gasteiger partial charge in [-0.05, 0) is 41.7 Å². The van der Waals surface area contributed by atoms with Gasteiger partial charge >= 0.3 is 0 Å². The molecule has 0 aliphatic heterocycles. The van der Waals surface area contributed by atoms with Gasteiger partial charge in [-0.1, -0.05) is 38.1 Å². The summed E-state index contributed by atoms with van der Waals surface area (Å²) in [7, 11) is 0. The van der Waals surface area contributed by atoms with Gasteiger partial charge in [-0.3, -0.25) is 0 Å². The minimum Gasteiger partial charge on any atom is -0.206 e. The van der Waals surface area contributed by atoms with Crippen LogP contribution in [0.5, 0.6) is 0 Å². The molecule has 0 aromatic heterocycles. The van der Waals surface area contributed by atoms with Crippen LogP contribution in [0.1, 0.15) is 25.0 Å². The van der Waals surface area contributed by atoms with Gasteiger partial charge in [0.15, 0.2) is 0 Å². The van der Waals surface area contributed by atoms with Crippen molar-refractivity contribution < 1.29 is 8.78 Å². The molecule has 0 heterocycles. The average molecular weight is 246 g/mol. The summed E-state index contributed by atoms with van der Waals surface area (Å²) < 4.78 is 27.9. The molecule has 2 heteroatoms. The van der Waals surface area contributed by atoms with Gasteiger partial charge in [0.1, 0.15) is 11.6 Å². The maximum absolute atomic E-state index is 13.9. The van der Waals surface area contributed by atoms with Crippen LogP contribution in [-0.4, -0.2) is 0 Å². The summed E-state index contributed by atoms with van der Waals surface area (Å²) in [5.74, 6) is -0.979. The molecule has 0 nitrogen and oxygen atoms in total. The van der Waals surface area contributed by atoms with E-state index in [0.717, 1.165) is 12.0 Å². The number of rotatable bonds is 3. The normalized spacial score (nSPS) is 10.7. The quantitative estimate of drug-likeness (QED) is 0.732. The minimum absolute atomic E-state index is 0.0647. The minimum atomic E-state index is -0.490. The highest BCUT2D eigenvalue weighted by atomic mass is 19.1. The first-order valence-corrected chi connectivity index (χ1v) is 6.23. The lowest BCUT2D eigenvalue weighted by Crippen LogP contribution is -1.94. The molecule has 0 aliphatic rings. The Morgan fingerprint density at radius 1 is 0.778 bits per heavy atom. The molecular weight excluding hydrogens is 230 g/mol. The van der Waals surface area contributed by atoms with Gasteiger partial charge in [0.2, 0.25) is 0 Å². The molecule has 0 radical (unpaired) electrons. The van der Waals surface area contributed by atoms with Crippen molar-refractivity contribution in [2.75, 3.05) is 0 Å². The van der Waals surface area contributed by atoms with Crippen molar-refractivity contribution in [3.8, 4) is 11.1 Å². The average Bonchev–Trinajstić information content (AvgIpc) is 2.38. The lowest BCUT2D eigenvalue weighted by molar-refractivity contribution is 0.586. The summed E-state index contributed by atoms with van der Waals surface area (Å²) in [5.41, 5.74) is 2.49. The third-order valence-corrected chi connectivity index (χ3v) is 3.16. The van der Waals surface area contributed by atoms with E-state index in [1.165, 1.54) is 12.1 Å². The summed E-state index contributed by atoms with van der Waals surface area (Å²) in [6.45, 7) is 3.93. The van der Waals surface area contributed by atoms with Crippen molar-refractivity contribution in [2.24, 2.45) is 0 Å². The fourth-order valence-corrected chi connectivity index (χ4v) is 2.01. The first kappa shape index (κ1) is 12.7. The molecule has 0 spiro atoms. The van der Waals surface area contributed by atoms with E-state index in [0.29, 0.717) is 17.5 Å². The van der Waals surface area contributed by atoms with Crippen molar-refractivity contribution in [1.82, 2.24) is 0 Å². The van der Waals surface area contributed by atoms with Crippen LogP contribution in [0.4, 0.5) is 8.78 Å². The fourth-order valence-electron chi connectivity index (χ4n) is 2.01. The Morgan fingerprint density at radius 2 is 1.28 bits per heavy atom. The van der Waals surface area contributed by atoms with E-state index in [1.54, 1.807) is 12.1 Å². The van der Waals surface area contributed by atoms with E-state index in [1.807, 2.05) is 26.0 Å². The van der Waals surface area contributed by atoms with Gasteiger partial charge in [0.25, 0.3) is 0 Å². The Morgan fingerprint density at radius 3 is 1.72 bits per heavy atom. The predicted octanol–water partition coefficient (Wildman–Crippen LogP) is 4.76. The summed E-state index contributed by atoms with van der Waals surface area (Å²) >= 11 is 0. The standard InChI is InChI=1S/C16H16F2/c1-3-11-5-7-13(8-6-11)16-14(17)9-12(4-2)10-15(16)18/h5-10H,3-4H2,1-2H3. The highest BCUT2D eigenvalue weighted by molar-refractivity contribution is 5.65.